The summed E-state index contributed by atoms with van der Waals surface area (Å²) in [6.07, 6.45) is 2.90. The van der Waals surface area contributed by atoms with Crippen molar-refractivity contribution in [2.75, 3.05) is 7.11 Å². The van der Waals surface area contributed by atoms with E-state index in [4.69, 9.17) is 21.4 Å². The smallest absolute Gasteiger partial charge is 0.308 e. The number of carbonyl (C=O) groups is 1. The zero-order valence-corrected chi connectivity index (χ0v) is 13.3. The molecule has 6 nitrogen and oxygen atoms in total. The van der Waals surface area contributed by atoms with E-state index in [1.165, 1.54) is 7.11 Å². The van der Waals surface area contributed by atoms with Gasteiger partial charge in [0.25, 0.3) is 5.56 Å². The fourth-order valence-corrected chi connectivity index (χ4v) is 2.32. The number of benzene rings is 1. The van der Waals surface area contributed by atoms with Gasteiger partial charge in [0.2, 0.25) is 0 Å². The van der Waals surface area contributed by atoms with Crippen molar-refractivity contribution in [1.82, 2.24) is 9.97 Å². The van der Waals surface area contributed by atoms with Crippen LogP contribution in [0.4, 0.5) is 0 Å². The lowest BCUT2D eigenvalue weighted by atomic mass is 10.1. The molecule has 0 atom stereocenters. The lowest BCUT2D eigenvalue weighted by molar-refractivity contribution is -0.136. The summed E-state index contributed by atoms with van der Waals surface area (Å²) in [5.74, 6) is -0.177. The van der Waals surface area contributed by atoms with Crippen LogP contribution in [0.3, 0.4) is 0 Å². The maximum absolute atomic E-state index is 12.0. The first-order chi connectivity index (χ1) is 10.9. The Bertz CT molecular complexity index is 827. The van der Waals surface area contributed by atoms with E-state index >= 15 is 0 Å². The summed E-state index contributed by atoms with van der Waals surface area (Å²) in [6, 6.07) is 5.26. The van der Waals surface area contributed by atoms with Crippen LogP contribution in [0.5, 0.6) is 5.75 Å². The second-order valence-electron chi connectivity index (χ2n) is 4.77. The van der Waals surface area contributed by atoms with E-state index in [1.807, 2.05) is 0 Å². The fourth-order valence-electron chi connectivity index (χ4n) is 2.09. The SMILES string of the molecule is COc1cccc(Cl)c1/C=C/c1nc(C)c(CC(=O)O)c(=O)[nH]1. The number of aromatic nitrogens is 2. The Balaban J connectivity index is 2.38. The number of carboxylic acids is 1. The van der Waals surface area contributed by atoms with Gasteiger partial charge in [-0.2, -0.15) is 0 Å². The molecular formula is C16H15ClN2O4. The highest BCUT2D eigenvalue weighted by Gasteiger charge is 2.11. The Hall–Kier alpha value is -2.60. The van der Waals surface area contributed by atoms with Crippen molar-refractivity contribution in [3.05, 3.63) is 56.2 Å². The van der Waals surface area contributed by atoms with E-state index in [2.05, 4.69) is 9.97 Å². The maximum atomic E-state index is 12.0. The third-order valence-electron chi connectivity index (χ3n) is 3.21. The summed E-state index contributed by atoms with van der Waals surface area (Å²) in [6.45, 7) is 1.60. The normalized spacial score (nSPS) is 10.9. The van der Waals surface area contributed by atoms with Gasteiger partial charge >= 0.3 is 5.97 Å². The van der Waals surface area contributed by atoms with E-state index in [9.17, 15) is 9.59 Å². The average molecular weight is 335 g/mol. The molecule has 0 saturated heterocycles. The van der Waals surface area contributed by atoms with Crippen molar-refractivity contribution in [1.29, 1.82) is 0 Å². The van der Waals surface area contributed by atoms with E-state index < -0.39 is 11.5 Å². The highest BCUT2D eigenvalue weighted by atomic mass is 35.5. The first-order valence-corrected chi connectivity index (χ1v) is 7.12. The number of nitrogens with zero attached hydrogens (tertiary/aromatic N) is 1. The second kappa shape index (κ2) is 7.11. The van der Waals surface area contributed by atoms with Crippen LogP contribution in [-0.2, 0) is 11.2 Å². The largest absolute Gasteiger partial charge is 0.496 e. The van der Waals surface area contributed by atoms with Crippen molar-refractivity contribution in [3.8, 4) is 5.75 Å². The van der Waals surface area contributed by atoms with Crippen molar-refractivity contribution >= 4 is 29.7 Å². The Morgan fingerprint density at radius 1 is 1.43 bits per heavy atom. The number of aliphatic carboxylic acids is 1. The average Bonchev–Trinajstić information content (AvgIpc) is 2.49. The minimum Gasteiger partial charge on any atom is -0.496 e. The summed E-state index contributed by atoms with van der Waals surface area (Å²) in [5.41, 5.74) is 0.712. The van der Waals surface area contributed by atoms with Gasteiger partial charge in [-0.05, 0) is 31.2 Å². The first kappa shape index (κ1) is 16.8. The minimum atomic E-state index is -1.08. The molecule has 1 aromatic carbocycles. The number of ether oxygens (including phenoxy) is 1. The van der Waals surface area contributed by atoms with Crippen LogP contribution in [-0.4, -0.2) is 28.2 Å². The number of hydrogen-bond donors (Lipinski definition) is 2. The predicted octanol–water partition coefficient (Wildman–Crippen LogP) is 2.54. The summed E-state index contributed by atoms with van der Waals surface area (Å²) in [5, 5.41) is 9.30. The topological polar surface area (TPSA) is 92.3 Å². The quantitative estimate of drug-likeness (QED) is 0.876. The molecule has 23 heavy (non-hydrogen) atoms. The molecule has 7 heteroatoms. The van der Waals surface area contributed by atoms with Crippen LogP contribution in [0.2, 0.25) is 5.02 Å². The van der Waals surface area contributed by atoms with Crippen LogP contribution >= 0.6 is 11.6 Å². The summed E-state index contributed by atoms with van der Waals surface area (Å²) in [7, 11) is 1.54. The molecular weight excluding hydrogens is 320 g/mol. The summed E-state index contributed by atoms with van der Waals surface area (Å²) < 4.78 is 5.23. The van der Waals surface area contributed by atoms with Crippen LogP contribution < -0.4 is 10.3 Å². The summed E-state index contributed by atoms with van der Waals surface area (Å²) >= 11 is 6.13. The number of H-pyrrole nitrogens is 1. The molecule has 0 fully saturated rings. The monoisotopic (exact) mass is 334 g/mol. The van der Waals surface area contributed by atoms with Crippen LogP contribution in [0, 0.1) is 6.92 Å². The standard InChI is InChI=1S/C16H15ClN2O4/c1-9-11(8-15(20)21)16(22)19-14(18-9)7-6-10-12(17)4-3-5-13(10)23-2/h3-7H,8H2,1-2H3,(H,20,21)(H,18,19,22)/b7-6+. The van der Waals surface area contributed by atoms with Crippen molar-refractivity contribution in [2.45, 2.75) is 13.3 Å². The van der Waals surface area contributed by atoms with Crippen molar-refractivity contribution in [2.24, 2.45) is 0 Å². The van der Waals surface area contributed by atoms with Gasteiger partial charge in [0, 0.05) is 16.8 Å². The first-order valence-electron chi connectivity index (χ1n) is 6.74. The van der Waals surface area contributed by atoms with Crippen molar-refractivity contribution < 1.29 is 14.6 Å². The predicted molar refractivity (Wildman–Crippen MR) is 87.9 cm³/mol. The highest BCUT2D eigenvalue weighted by molar-refractivity contribution is 6.32. The minimum absolute atomic E-state index is 0.143. The molecule has 120 valence electrons. The number of aromatic amines is 1. The molecule has 0 bridgehead atoms. The van der Waals surface area contributed by atoms with Gasteiger partial charge in [-0.15, -0.1) is 0 Å². The molecule has 0 unspecified atom stereocenters. The number of methoxy groups -OCH3 is 1. The number of hydrogen-bond acceptors (Lipinski definition) is 4. The van der Waals surface area contributed by atoms with Gasteiger partial charge in [-0.3, -0.25) is 9.59 Å². The molecule has 0 amide bonds. The lowest BCUT2D eigenvalue weighted by Crippen LogP contribution is -2.20. The molecule has 0 spiro atoms. The molecule has 0 aliphatic heterocycles. The van der Waals surface area contributed by atoms with Gasteiger partial charge in [0.15, 0.2) is 0 Å². The second-order valence-corrected chi connectivity index (χ2v) is 5.18. The van der Waals surface area contributed by atoms with E-state index in [1.54, 1.807) is 37.3 Å². The lowest BCUT2D eigenvalue weighted by Gasteiger charge is -2.06. The molecule has 2 aromatic rings. The van der Waals surface area contributed by atoms with E-state index in [0.29, 0.717) is 27.9 Å². The van der Waals surface area contributed by atoms with Crippen LogP contribution in [0.15, 0.2) is 23.0 Å². The van der Waals surface area contributed by atoms with Gasteiger partial charge in [0.05, 0.1) is 18.6 Å². The van der Waals surface area contributed by atoms with E-state index in [0.717, 1.165) is 0 Å². The molecule has 0 aliphatic carbocycles. The molecule has 1 aromatic heterocycles. The molecule has 1 heterocycles. The van der Waals surface area contributed by atoms with Gasteiger partial charge < -0.3 is 14.8 Å². The Morgan fingerprint density at radius 3 is 2.78 bits per heavy atom. The fraction of sp³-hybridized carbons (Fsp3) is 0.188. The van der Waals surface area contributed by atoms with Crippen molar-refractivity contribution in [3.63, 3.8) is 0 Å². The van der Waals surface area contributed by atoms with Gasteiger partial charge in [0.1, 0.15) is 11.6 Å². The summed E-state index contributed by atoms with van der Waals surface area (Å²) in [4.78, 5) is 29.5. The Labute approximate surface area is 137 Å². The number of aryl methyl sites for hydroxylation is 1. The Morgan fingerprint density at radius 2 is 2.17 bits per heavy atom. The highest BCUT2D eigenvalue weighted by Crippen LogP contribution is 2.27. The molecule has 2 N–H and O–H groups in total. The number of carboxylic acid groups (broad SMARTS) is 1. The van der Waals surface area contributed by atoms with Crippen LogP contribution in [0.25, 0.3) is 12.2 Å². The van der Waals surface area contributed by atoms with Gasteiger partial charge in [-0.1, -0.05) is 17.7 Å². The third kappa shape index (κ3) is 3.98. The molecule has 0 aliphatic rings. The third-order valence-corrected chi connectivity index (χ3v) is 3.54. The zero-order chi connectivity index (χ0) is 17.0. The van der Waals surface area contributed by atoms with E-state index in [-0.39, 0.29) is 12.0 Å². The Kier molecular flexibility index (Phi) is 5.18. The maximum Gasteiger partial charge on any atom is 0.308 e. The van der Waals surface area contributed by atoms with Gasteiger partial charge in [-0.25, -0.2) is 4.98 Å². The number of nitrogens with one attached hydrogen (secondary N) is 1. The molecule has 2 rings (SSSR count). The molecule has 0 saturated carbocycles. The molecule has 0 radical (unpaired) electrons. The van der Waals surface area contributed by atoms with Crippen LogP contribution in [0.1, 0.15) is 22.6 Å². The zero-order valence-electron chi connectivity index (χ0n) is 12.6. The number of halogens is 1. The number of rotatable bonds is 5.